The van der Waals surface area contributed by atoms with E-state index in [1.165, 1.54) is 18.2 Å². The van der Waals surface area contributed by atoms with E-state index in [0.29, 0.717) is 0 Å². The van der Waals surface area contributed by atoms with Gasteiger partial charge in [-0.2, -0.15) is 0 Å². The summed E-state index contributed by atoms with van der Waals surface area (Å²) in [5.74, 6) is -0.472. The lowest BCUT2D eigenvalue weighted by atomic mass is 10.3. The van der Waals surface area contributed by atoms with E-state index in [-0.39, 0.29) is 9.26 Å². The Morgan fingerprint density at radius 2 is 1.80 bits per heavy atom. The van der Waals surface area contributed by atoms with Gasteiger partial charge in [0.05, 0.1) is 9.26 Å². The highest BCUT2D eigenvalue weighted by Crippen LogP contribution is 2.17. The van der Waals surface area contributed by atoms with Crippen LogP contribution in [0.5, 0.6) is 0 Å². The fourth-order valence-electron chi connectivity index (χ4n) is 1.19. The fraction of sp³-hybridized carbons (Fsp3) is 0. The molecule has 0 fully saturated rings. The second-order valence-corrected chi connectivity index (χ2v) is 3.85. The SMILES string of the molecule is O=c1[nH][nH]c(=O)n1-c1cccc(F)c1I. The van der Waals surface area contributed by atoms with Gasteiger partial charge in [-0.3, -0.25) is 0 Å². The van der Waals surface area contributed by atoms with E-state index in [0.717, 1.165) is 4.57 Å². The molecule has 0 aliphatic rings. The highest BCUT2D eigenvalue weighted by atomic mass is 127. The van der Waals surface area contributed by atoms with Crippen LogP contribution < -0.4 is 11.4 Å². The molecule has 0 amide bonds. The third kappa shape index (κ3) is 1.62. The number of H-pyrrole nitrogens is 2. The summed E-state index contributed by atoms with van der Waals surface area (Å²) in [6.45, 7) is 0. The van der Waals surface area contributed by atoms with Gasteiger partial charge < -0.3 is 0 Å². The number of nitrogens with one attached hydrogen (secondary N) is 2. The molecular formula is C8H5FIN3O2. The molecule has 1 aromatic carbocycles. The highest BCUT2D eigenvalue weighted by Gasteiger charge is 2.11. The van der Waals surface area contributed by atoms with Crippen LogP contribution in [-0.2, 0) is 0 Å². The quantitative estimate of drug-likeness (QED) is 0.755. The molecule has 0 aliphatic heterocycles. The van der Waals surface area contributed by atoms with Crippen LogP contribution >= 0.6 is 22.6 Å². The minimum absolute atomic E-state index is 0.224. The molecule has 0 radical (unpaired) electrons. The zero-order valence-electron chi connectivity index (χ0n) is 7.25. The van der Waals surface area contributed by atoms with Crippen LogP contribution in [0.4, 0.5) is 4.39 Å². The summed E-state index contributed by atoms with van der Waals surface area (Å²) >= 11 is 1.74. The summed E-state index contributed by atoms with van der Waals surface area (Å²) in [4.78, 5) is 22.5. The van der Waals surface area contributed by atoms with E-state index in [1.54, 1.807) is 22.6 Å². The first-order chi connectivity index (χ1) is 7.11. The Kier molecular flexibility index (Phi) is 2.47. The van der Waals surface area contributed by atoms with Crippen molar-refractivity contribution in [3.8, 4) is 5.69 Å². The molecule has 0 atom stereocenters. The number of aromatic nitrogens is 3. The molecule has 1 aromatic heterocycles. The maximum absolute atomic E-state index is 13.2. The number of hydrogen-bond acceptors (Lipinski definition) is 2. The topological polar surface area (TPSA) is 70.7 Å². The lowest BCUT2D eigenvalue weighted by molar-refractivity contribution is 0.618. The van der Waals surface area contributed by atoms with Crippen LogP contribution in [0.2, 0.25) is 0 Å². The van der Waals surface area contributed by atoms with E-state index in [2.05, 4.69) is 10.2 Å². The van der Waals surface area contributed by atoms with Gasteiger partial charge in [-0.25, -0.2) is 28.7 Å². The van der Waals surface area contributed by atoms with Crippen molar-refractivity contribution in [3.63, 3.8) is 0 Å². The Bertz CT molecular complexity index is 585. The normalized spacial score (nSPS) is 10.5. The number of nitrogens with zero attached hydrogens (tertiary/aromatic N) is 1. The van der Waals surface area contributed by atoms with Gasteiger partial charge in [-0.05, 0) is 34.7 Å². The van der Waals surface area contributed by atoms with Crippen LogP contribution in [0.1, 0.15) is 0 Å². The second kappa shape index (κ2) is 3.65. The van der Waals surface area contributed by atoms with Crippen LogP contribution in [0.3, 0.4) is 0 Å². The molecule has 7 heteroatoms. The molecule has 2 rings (SSSR count). The van der Waals surface area contributed by atoms with E-state index in [9.17, 15) is 14.0 Å². The summed E-state index contributed by atoms with van der Waals surface area (Å²) in [6.07, 6.45) is 0. The Labute approximate surface area is 96.1 Å². The molecule has 2 aromatic rings. The summed E-state index contributed by atoms with van der Waals surface area (Å²) in [5, 5.41) is 4.25. The molecule has 0 saturated carbocycles. The Hall–Kier alpha value is -1.38. The summed E-state index contributed by atoms with van der Waals surface area (Å²) in [7, 11) is 0. The van der Waals surface area contributed by atoms with Gasteiger partial charge in [0, 0.05) is 0 Å². The van der Waals surface area contributed by atoms with Crippen molar-refractivity contribution < 1.29 is 4.39 Å². The molecule has 0 unspecified atom stereocenters. The molecule has 0 spiro atoms. The third-order valence-electron chi connectivity index (χ3n) is 1.85. The standard InChI is InChI=1S/C8H5FIN3O2/c9-4-2-1-3-5(6(4)10)13-7(14)11-12-8(13)15/h1-3H,(H,11,14)(H,12,15). The molecule has 1 heterocycles. The van der Waals surface area contributed by atoms with E-state index in [4.69, 9.17) is 0 Å². The minimum atomic E-state index is -0.622. The van der Waals surface area contributed by atoms with E-state index >= 15 is 0 Å². The predicted octanol–water partition coefficient (Wildman–Crippen LogP) is 0.598. The van der Waals surface area contributed by atoms with Gasteiger partial charge in [0.2, 0.25) is 0 Å². The van der Waals surface area contributed by atoms with Crippen LogP contribution in [-0.4, -0.2) is 14.8 Å². The van der Waals surface area contributed by atoms with Gasteiger partial charge in [0.15, 0.2) is 0 Å². The van der Waals surface area contributed by atoms with Crippen molar-refractivity contribution in [3.05, 3.63) is 48.6 Å². The average Bonchev–Trinajstić information content (AvgIpc) is 2.52. The first-order valence-electron chi connectivity index (χ1n) is 3.95. The molecule has 0 aliphatic carbocycles. The van der Waals surface area contributed by atoms with Crippen molar-refractivity contribution >= 4 is 22.6 Å². The van der Waals surface area contributed by atoms with Crippen molar-refractivity contribution in [2.45, 2.75) is 0 Å². The number of aromatic amines is 2. The minimum Gasteiger partial charge on any atom is -0.247 e. The van der Waals surface area contributed by atoms with Gasteiger partial charge in [0.1, 0.15) is 5.82 Å². The Balaban J connectivity index is 2.81. The number of hydrogen-bond donors (Lipinski definition) is 2. The van der Waals surface area contributed by atoms with Crippen molar-refractivity contribution in [2.75, 3.05) is 0 Å². The summed E-state index contributed by atoms with van der Waals surface area (Å²) in [6, 6.07) is 4.19. The molecule has 0 saturated heterocycles. The van der Waals surface area contributed by atoms with Gasteiger partial charge >= 0.3 is 11.4 Å². The van der Waals surface area contributed by atoms with Crippen molar-refractivity contribution in [1.82, 2.24) is 14.8 Å². The van der Waals surface area contributed by atoms with Crippen LogP contribution in [0.15, 0.2) is 27.8 Å². The third-order valence-corrected chi connectivity index (χ3v) is 2.92. The maximum Gasteiger partial charge on any atom is 0.349 e. The van der Waals surface area contributed by atoms with Crippen LogP contribution in [0, 0.1) is 9.39 Å². The number of rotatable bonds is 1. The summed E-state index contributed by atoms with van der Waals surface area (Å²) in [5.41, 5.74) is -1.02. The predicted molar refractivity (Wildman–Crippen MR) is 59.7 cm³/mol. The average molecular weight is 321 g/mol. The summed E-state index contributed by atoms with van der Waals surface area (Å²) < 4.78 is 14.3. The van der Waals surface area contributed by atoms with Gasteiger partial charge in [-0.15, -0.1) is 0 Å². The molecule has 78 valence electrons. The largest absolute Gasteiger partial charge is 0.349 e. The van der Waals surface area contributed by atoms with Crippen molar-refractivity contribution in [2.24, 2.45) is 0 Å². The Morgan fingerprint density at radius 1 is 1.20 bits per heavy atom. The lowest BCUT2D eigenvalue weighted by Crippen LogP contribution is -2.25. The van der Waals surface area contributed by atoms with Gasteiger partial charge in [-0.1, -0.05) is 6.07 Å². The maximum atomic E-state index is 13.2. The van der Waals surface area contributed by atoms with Gasteiger partial charge in [0.25, 0.3) is 0 Å². The number of halogens is 2. The number of benzene rings is 1. The zero-order chi connectivity index (χ0) is 11.0. The first kappa shape index (κ1) is 10.1. The Morgan fingerprint density at radius 3 is 2.40 bits per heavy atom. The zero-order valence-corrected chi connectivity index (χ0v) is 9.41. The highest BCUT2D eigenvalue weighted by molar-refractivity contribution is 14.1. The van der Waals surface area contributed by atoms with Crippen molar-refractivity contribution in [1.29, 1.82) is 0 Å². The fourth-order valence-corrected chi connectivity index (χ4v) is 1.80. The van der Waals surface area contributed by atoms with Crippen LogP contribution in [0.25, 0.3) is 5.69 Å². The molecule has 15 heavy (non-hydrogen) atoms. The molecule has 2 N–H and O–H groups in total. The molecular weight excluding hydrogens is 316 g/mol. The lowest BCUT2D eigenvalue weighted by Gasteiger charge is -2.02. The van der Waals surface area contributed by atoms with E-state index in [1.807, 2.05) is 0 Å². The second-order valence-electron chi connectivity index (χ2n) is 2.77. The molecule has 0 bridgehead atoms. The smallest absolute Gasteiger partial charge is 0.247 e. The monoisotopic (exact) mass is 321 g/mol. The molecule has 5 nitrogen and oxygen atoms in total. The van der Waals surface area contributed by atoms with E-state index < -0.39 is 17.2 Å². The first-order valence-corrected chi connectivity index (χ1v) is 5.03.